The number of aromatic nitrogens is 3. The molecule has 1 saturated carbocycles. The Kier molecular flexibility index (Phi) is 10.0. The predicted octanol–water partition coefficient (Wildman–Crippen LogP) is 9.52. The van der Waals surface area contributed by atoms with E-state index in [9.17, 15) is 9.18 Å². The number of fused-ring (bicyclic) bond motifs is 1. The van der Waals surface area contributed by atoms with E-state index >= 15 is 0 Å². The summed E-state index contributed by atoms with van der Waals surface area (Å²) in [5, 5.41) is 9.54. The molecule has 1 aliphatic carbocycles. The third kappa shape index (κ3) is 7.35. The number of thioether (sulfide) groups is 1. The monoisotopic (exact) mass is 730 g/mol. The lowest BCUT2D eigenvalue weighted by Crippen LogP contribution is -2.32. The number of hydrogen-bond donors (Lipinski definition) is 1. The first kappa shape index (κ1) is 31.9. The molecule has 1 atom stereocenters. The second-order valence-electron chi connectivity index (χ2n) is 11.0. The molecule has 0 spiro atoms. The molecule has 12 heteroatoms. The maximum atomic E-state index is 14.3. The Morgan fingerprint density at radius 1 is 1.09 bits per heavy atom. The molecule has 45 heavy (non-hydrogen) atoms. The van der Waals surface area contributed by atoms with Crippen molar-refractivity contribution in [3.63, 3.8) is 0 Å². The van der Waals surface area contributed by atoms with Crippen LogP contribution in [-0.4, -0.2) is 26.8 Å². The quantitative estimate of drug-likeness (QED) is 0.136. The van der Waals surface area contributed by atoms with E-state index in [1.54, 1.807) is 35.0 Å². The number of nitrogens with zero attached hydrogens (tertiary/aromatic N) is 3. The highest BCUT2D eigenvalue weighted by atomic mass is 79.9. The van der Waals surface area contributed by atoms with Crippen LogP contribution in [-0.2, 0) is 21.9 Å². The number of rotatable bonds is 9. The Bertz CT molecular complexity index is 1760. The molecule has 0 bridgehead atoms. The van der Waals surface area contributed by atoms with Gasteiger partial charge in [-0.1, -0.05) is 81.6 Å². The minimum Gasteiger partial charge on any atom is -0.488 e. The van der Waals surface area contributed by atoms with Gasteiger partial charge in [0, 0.05) is 37.1 Å². The van der Waals surface area contributed by atoms with Crippen molar-refractivity contribution in [2.75, 3.05) is 5.32 Å². The summed E-state index contributed by atoms with van der Waals surface area (Å²) in [6.45, 7) is 2.01. The van der Waals surface area contributed by atoms with Crippen LogP contribution in [0.4, 0.5) is 10.3 Å². The van der Waals surface area contributed by atoms with Crippen LogP contribution in [0.25, 0.3) is 0 Å². The van der Waals surface area contributed by atoms with Crippen LogP contribution in [0.3, 0.4) is 0 Å². The Morgan fingerprint density at radius 2 is 1.89 bits per heavy atom. The summed E-state index contributed by atoms with van der Waals surface area (Å²) in [6.07, 6.45) is 4.76. The lowest BCUT2D eigenvalue weighted by molar-refractivity contribution is -0.146. The van der Waals surface area contributed by atoms with Gasteiger partial charge in [-0.25, -0.2) is 13.9 Å². The number of anilines is 1. The number of carbonyl (C=O) groups is 1. The van der Waals surface area contributed by atoms with Gasteiger partial charge in [0.2, 0.25) is 11.1 Å². The summed E-state index contributed by atoms with van der Waals surface area (Å²) in [5.74, 6) is 0.636. The van der Waals surface area contributed by atoms with Crippen molar-refractivity contribution in [3.05, 3.63) is 109 Å². The summed E-state index contributed by atoms with van der Waals surface area (Å²) >= 11 is 17.5. The molecule has 2 heterocycles. The molecule has 3 aromatic carbocycles. The lowest BCUT2D eigenvalue weighted by Gasteiger charge is -2.31. The number of halogens is 4. The predicted molar refractivity (Wildman–Crippen MR) is 178 cm³/mol. The summed E-state index contributed by atoms with van der Waals surface area (Å²) in [7, 11) is 0. The Morgan fingerprint density at radius 3 is 2.67 bits per heavy atom. The third-order valence-electron chi connectivity index (χ3n) is 7.86. The van der Waals surface area contributed by atoms with Crippen LogP contribution in [0, 0.1) is 5.82 Å². The van der Waals surface area contributed by atoms with E-state index in [2.05, 4.69) is 21.2 Å². The van der Waals surface area contributed by atoms with Crippen LogP contribution in [0.15, 0.2) is 81.6 Å². The van der Waals surface area contributed by atoms with Crippen LogP contribution in [0.5, 0.6) is 5.75 Å². The maximum Gasteiger partial charge on any atom is 0.338 e. The zero-order valence-corrected chi connectivity index (χ0v) is 28.3. The molecule has 6 rings (SSSR count). The first-order chi connectivity index (χ1) is 21.8. The number of esters is 1. The molecule has 1 aromatic heterocycles. The molecule has 0 amide bonds. The van der Waals surface area contributed by atoms with Crippen molar-refractivity contribution in [2.24, 2.45) is 0 Å². The van der Waals surface area contributed by atoms with E-state index < -0.39 is 12.0 Å². The average molecular weight is 733 g/mol. The fourth-order valence-corrected chi connectivity index (χ4v) is 7.22. The van der Waals surface area contributed by atoms with Gasteiger partial charge in [-0.05, 0) is 74.6 Å². The van der Waals surface area contributed by atoms with Gasteiger partial charge >= 0.3 is 5.97 Å². The standard InChI is InChI=1S/C33H30BrCl2FN4O3S/c1-19-29(31(42)44-24-8-3-2-4-9-24)30(41-32(38-19)39-33(40-41)45-18-21-7-5-6-10-27(21)37)25-15-22(34)12-14-28(25)43-17-20-11-13-23(35)16-26(20)36/h5-7,10-16,24,30H,2-4,8-9,17-18H2,1H3,(H,38,39,40). The fraction of sp³-hybridized carbons (Fsp3) is 0.303. The van der Waals surface area contributed by atoms with Crippen molar-refractivity contribution in [1.82, 2.24) is 14.8 Å². The van der Waals surface area contributed by atoms with Gasteiger partial charge in [0.05, 0.1) is 5.57 Å². The van der Waals surface area contributed by atoms with Crippen molar-refractivity contribution in [2.45, 2.75) is 68.7 Å². The van der Waals surface area contributed by atoms with E-state index in [1.165, 1.54) is 17.8 Å². The van der Waals surface area contributed by atoms with Crippen molar-refractivity contribution in [1.29, 1.82) is 0 Å². The van der Waals surface area contributed by atoms with Gasteiger partial charge in [-0.15, -0.1) is 5.10 Å². The van der Waals surface area contributed by atoms with Gasteiger partial charge in [0.1, 0.15) is 30.3 Å². The van der Waals surface area contributed by atoms with E-state index in [0.717, 1.165) is 42.1 Å². The van der Waals surface area contributed by atoms with Gasteiger partial charge in [-0.2, -0.15) is 4.98 Å². The summed E-state index contributed by atoms with van der Waals surface area (Å²) < 4.78 is 29.3. The molecular formula is C33H30BrCl2FN4O3S. The minimum absolute atomic E-state index is 0.137. The molecular weight excluding hydrogens is 702 g/mol. The number of allylic oxidation sites excluding steroid dienone is 1. The smallest absolute Gasteiger partial charge is 0.338 e. The lowest BCUT2D eigenvalue weighted by atomic mass is 9.94. The van der Waals surface area contributed by atoms with E-state index in [-0.39, 0.29) is 18.5 Å². The highest BCUT2D eigenvalue weighted by Gasteiger charge is 2.38. The Hall–Kier alpha value is -3.05. The molecule has 1 aliphatic heterocycles. The van der Waals surface area contributed by atoms with Crippen molar-refractivity contribution >= 4 is 62.8 Å². The molecule has 4 aromatic rings. The van der Waals surface area contributed by atoms with Gasteiger partial charge < -0.3 is 14.8 Å². The normalized spacial score (nSPS) is 16.7. The molecule has 0 saturated heterocycles. The molecule has 1 unspecified atom stereocenters. The molecule has 2 aliphatic rings. The Labute approximate surface area is 283 Å². The Balaban J connectivity index is 1.37. The van der Waals surface area contributed by atoms with Crippen LogP contribution in [0.2, 0.25) is 10.0 Å². The maximum absolute atomic E-state index is 14.3. The first-order valence-corrected chi connectivity index (χ1v) is 17.2. The van der Waals surface area contributed by atoms with Crippen LogP contribution >= 0.6 is 50.9 Å². The van der Waals surface area contributed by atoms with Crippen molar-refractivity contribution in [3.8, 4) is 5.75 Å². The SMILES string of the molecule is CC1=C(C(=O)OC2CCCCC2)C(c2cc(Br)ccc2OCc2ccc(Cl)cc2Cl)n2nc(SCc3ccccc3F)nc2N1. The minimum atomic E-state index is -0.721. The van der Waals surface area contributed by atoms with Crippen LogP contribution < -0.4 is 10.1 Å². The van der Waals surface area contributed by atoms with Gasteiger partial charge in [-0.3, -0.25) is 0 Å². The van der Waals surface area contributed by atoms with Gasteiger partial charge in [0.25, 0.3) is 0 Å². The molecule has 1 fully saturated rings. The largest absolute Gasteiger partial charge is 0.488 e. The van der Waals surface area contributed by atoms with Gasteiger partial charge in [0.15, 0.2) is 0 Å². The molecule has 0 radical (unpaired) electrons. The second-order valence-corrected chi connectivity index (χ2v) is 13.7. The van der Waals surface area contributed by atoms with E-state index in [0.29, 0.717) is 55.0 Å². The molecule has 7 nitrogen and oxygen atoms in total. The van der Waals surface area contributed by atoms with Crippen LogP contribution in [0.1, 0.15) is 61.8 Å². The molecule has 234 valence electrons. The highest BCUT2D eigenvalue weighted by molar-refractivity contribution is 9.10. The number of nitrogens with one attached hydrogen (secondary N) is 1. The topological polar surface area (TPSA) is 78.3 Å². The number of benzene rings is 3. The zero-order valence-electron chi connectivity index (χ0n) is 24.4. The number of ether oxygens (including phenoxy) is 2. The van der Waals surface area contributed by atoms with E-state index in [1.807, 2.05) is 31.2 Å². The second kappa shape index (κ2) is 14.2. The zero-order chi connectivity index (χ0) is 31.5. The average Bonchev–Trinajstić information content (AvgIpc) is 3.43. The summed E-state index contributed by atoms with van der Waals surface area (Å²) in [6, 6.07) is 16.8. The highest BCUT2D eigenvalue weighted by Crippen LogP contribution is 2.42. The fourth-order valence-electron chi connectivity index (χ4n) is 5.56. The number of hydrogen-bond acceptors (Lipinski definition) is 7. The summed E-state index contributed by atoms with van der Waals surface area (Å²) in [4.78, 5) is 18.7. The number of carbonyl (C=O) groups excluding carboxylic acids is 1. The van der Waals surface area contributed by atoms with E-state index in [4.69, 9.17) is 42.8 Å². The molecule has 1 N–H and O–H groups in total. The van der Waals surface area contributed by atoms with Crippen molar-refractivity contribution < 1.29 is 18.7 Å². The summed E-state index contributed by atoms with van der Waals surface area (Å²) in [5.41, 5.74) is 3.02. The first-order valence-electron chi connectivity index (χ1n) is 14.6. The third-order valence-corrected chi connectivity index (χ3v) is 9.82.